The molecule has 0 fully saturated rings. The van der Waals surface area contributed by atoms with Gasteiger partial charge in [0.2, 0.25) is 0 Å². The lowest BCUT2D eigenvalue weighted by molar-refractivity contribution is 0.473. The molecule has 0 saturated carbocycles. The molecule has 13 heavy (non-hydrogen) atoms. The molecule has 0 bridgehead atoms. The fourth-order valence-corrected chi connectivity index (χ4v) is 1.46. The molecule has 2 N–H and O–H groups in total. The van der Waals surface area contributed by atoms with Gasteiger partial charge in [-0.25, -0.2) is 5.10 Å². The van der Waals surface area contributed by atoms with E-state index in [0.29, 0.717) is 15.2 Å². The molecule has 0 atom stereocenters. The Morgan fingerprint density at radius 1 is 1.46 bits per heavy atom. The summed E-state index contributed by atoms with van der Waals surface area (Å²) in [5.74, 6) is 0.0456. The van der Waals surface area contributed by atoms with Gasteiger partial charge in [0.1, 0.15) is 5.75 Å². The highest BCUT2D eigenvalue weighted by Gasteiger charge is 2.03. The van der Waals surface area contributed by atoms with Gasteiger partial charge >= 0.3 is 0 Å². The van der Waals surface area contributed by atoms with Crippen molar-refractivity contribution in [3.63, 3.8) is 0 Å². The van der Waals surface area contributed by atoms with E-state index in [0.717, 1.165) is 0 Å². The van der Waals surface area contributed by atoms with Crippen molar-refractivity contribution in [2.45, 2.75) is 0 Å². The molecule has 1 heterocycles. The lowest BCUT2D eigenvalue weighted by atomic mass is 10.2. The van der Waals surface area contributed by atoms with Gasteiger partial charge in [0.25, 0.3) is 5.56 Å². The first kappa shape index (κ1) is 8.25. The van der Waals surface area contributed by atoms with Gasteiger partial charge in [-0.15, -0.1) is 0 Å². The van der Waals surface area contributed by atoms with Crippen LogP contribution < -0.4 is 5.56 Å². The summed E-state index contributed by atoms with van der Waals surface area (Å²) in [6.45, 7) is 0. The van der Waals surface area contributed by atoms with E-state index in [1.165, 1.54) is 12.3 Å². The maximum Gasteiger partial charge on any atom is 0.272 e. The standard InChI is InChI=1S/C8H5BrN2O2/c9-6-1-4-3-10-11-8(13)5(4)2-7(6)12/h1-3,12H,(H,11,13). The van der Waals surface area contributed by atoms with E-state index in [4.69, 9.17) is 0 Å². The van der Waals surface area contributed by atoms with E-state index in [9.17, 15) is 9.90 Å². The number of phenols is 1. The SMILES string of the molecule is O=c1[nH]ncc2cc(Br)c(O)cc12. The molecule has 0 aliphatic carbocycles. The van der Waals surface area contributed by atoms with Crippen molar-refractivity contribution in [1.29, 1.82) is 0 Å². The third-order valence-electron chi connectivity index (χ3n) is 1.73. The topological polar surface area (TPSA) is 66.0 Å². The van der Waals surface area contributed by atoms with Crippen molar-refractivity contribution in [2.75, 3.05) is 0 Å². The van der Waals surface area contributed by atoms with Crippen LogP contribution in [0.1, 0.15) is 0 Å². The quantitative estimate of drug-likeness (QED) is 0.732. The van der Waals surface area contributed by atoms with E-state index in [-0.39, 0.29) is 11.3 Å². The van der Waals surface area contributed by atoms with Crippen molar-refractivity contribution in [3.8, 4) is 5.75 Å². The number of halogens is 1. The minimum absolute atomic E-state index is 0.0456. The summed E-state index contributed by atoms with van der Waals surface area (Å²) in [6.07, 6.45) is 1.53. The van der Waals surface area contributed by atoms with Crippen LogP contribution in [-0.4, -0.2) is 15.3 Å². The monoisotopic (exact) mass is 240 g/mol. The zero-order valence-electron chi connectivity index (χ0n) is 6.41. The number of aromatic hydroxyl groups is 1. The van der Waals surface area contributed by atoms with E-state index in [2.05, 4.69) is 26.1 Å². The van der Waals surface area contributed by atoms with Crippen LogP contribution in [0.2, 0.25) is 0 Å². The molecule has 1 aromatic carbocycles. The second kappa shape index (κ2) is 2.85. The molecule has 0 amide bonds. The Morgan fingerprint density at radius 3 is 3.00 bits per heavy atom. The lowest BCUT2D eigenvalue weighted by Gasteiger charge is -1.98. The molecule has 0 aliphatic heterocycles. The van der Waals surface area contributed by atoms with Crippen LogP contribution in [-0.2, 0) is 0 Å². The number of hydrogen-bond donors (Lipinski definition) is 2. The van der Waals surface area contributed by atoms with E-state index in [1.54, 1.807) is 6.07 Å². The van der Waals surface area contributed by atoms with E-state index >= 15 is 0 Å². The Bertz CT molecular complexity index is 521. The minimum Gasteiger partial charge on any atom is -0.507 e. The Hall–Kier alpha value is -1.36. The third-order valence-corrected chi connectivity index (χ3v) is 2.37. The Morgan fingerprint density at radius 2 is 2.23 bits per heavy atom. The van der Waals surface area contributed by atoms with Crippen molar-refractivity contribution in [1.82, 2.24) is 10.2 Å². The lowest BCUT2D eigenvalue weighted by Crippen LogP contribution is -2.06. The molecular formula is C8H5BrN2O2. The van der Waals surface area contributed by atoms with Crippen LogP contribution in [0.15, 0.2) is 27.6 Å². The maximum absolute atomic E-state index is 11.2. The fraction of sp³-hybridized carbons (Fsp3) is 0. The third kappa shape index (κ3) is 1.31. The molecule has 0 aliphatic rings. The molecule has 0 radical (unpaired) electrons. The summed E-state index contributed by atoms with van der Waals surface area (Å²) in [5, 5.41) is 16.4. The van der Waals surface area contributed by atoms with Gasteiger partial charge in [-0.2, -0.15) is 5.10 Å². The maximum atomic E-state index is 11.2. The number of benzene rings is 1. The van der Waals surface area contributed by atoms with Crippen LogP contribution in [0, 0.1) is 0 Å². The molecule has 2 rings (SSSR count). The highest BCUT2D eigenvalue weighted by Crippen LogP contribution is 2.26. The first-order valence-electron chi connectivity index (χ1n) is 3.54. The van der Waals surface area contributed by atoms with Crippen LogP contribution in [0.5, 0.6) is 5.75 Å². The van der Waals surface area contributed by atoms with Crippen LogP contribution in [0.4, 0.5) is 0 Å². The summed E-state index contributed by atoms with van der Waals surface area (Å²) < 4.78 is 0.549. The van der Waals surface area contributed by atoms with Crippen LogP contribution >= 0.6 is 15.9 Å². The van der Waals surface area contributed by atoms with Crippen LogP contribution in [0.25, 0.3) is 10.8 Å². The normalized spacial score (nSPS) is 10.5. The Labute approximate surface area is 81.3 Å². The molecule has 2 aromatic rings. The van der Waals surface area contributed by atoms with Gasteiger partial charge in [-0.3, -0.25) is 4.79 Å². The summed E-state index contributed by atoms with van der Waals surface area (Å²) in [7, 11) is 0. The van der Waals surface area contributed by atoms with Gasteiger partial charge < -0.3 is 5.11 Å². The first-order valence-corrected chi connectivity index (χ1v) is 4.33. The molecular weight excluding hydrogens is 236 g/mol. The number of phenolic OH excluding ortho intramolecular Hbond substituents is 1. The molecule has 1 aromatic heterocycles. The molecule has 4 nitrogen and oxygen atoms in total. The van der Waals surface area contributed by atoms with Gasteiger partial charge in [-0.05, 0) is 28.1 Å². The summed E-state index contributed by atoms with van der Waals surface area (Å²) in [6, 6.07) is 3.05. The van der Waals surface area contributed by atoms with Gasteiger partial charge in [-0.1, -0.05) is 0 Å². The number of H-pyrrole nitrogens is 1. The number of nitrogens with zero attached hydrogens (tertiary/aromatic N) is 1. The molecule has 0 saturated heterocycles. The Kier molecular flexibility index (Phi) is 1.81. The van der Waals surface area contributed by atoms with Crippen LogP contribution in [0.3, 0.4) is 0 Å². The molecule has 0 spiro atoms. The minimum atomic E-state index is -0.305. The predicted octanol–water partition coefficient (Wildman–Crippen LogP) is 1.39. The zero-order valence-corrected chi connectivity index (χ0v) is 8.00. The van der Waals surface area contributed by atoms with Crippen molar-refractivity contribution < 1.29 is 5.11 Å². The van der Waals surface area contributed by atoms with Gasteiger partial charge in [0.15, 0.2) is 0 Å². The van der Waals surface area contributed by atoms with Crippen molar-refractivity contribution >= 4 is 26.7 Å². The van der Waals surface area contributed by atoms with Gasteiger partial charge in [0, 0.05) is 5.39 Å². The number of aromatic amines is 1. The smallest absolute Gasteiger partial charge is 0.272 e. The Balaban J connectivity index is 2.97. The number of hydrogen-bond acceptors (Lipinski definition) is 3. The summed E-state index contributed by atoms with van der Waals surface area (Å²) in [4.78, 5) is 11.2. The van der Waals surface area contributed by atoms with E-state index < -0.39 is 0 Å². The number of rotatable bonds is 0. The number of nitrogens with one attached hydrogen (secondary N) is 1. The van der Waals surface area contributed by atoms with Crippen molar-refractivity contribution in [2.24, 2.45) is 0 Å². The van der Waals surface area contributed by atoms with E-state index in [1.807, 2.05) is 0 Å². The average Bonchev–Trinajstić information content (AvgIpc) is 2.09. The first-order chi connectivity index (χ1) is 6.18. The second-order valence-electron chi connectivity index (χ2n) is 2.59. The number of fused-ring (bicyclic) bond motifs is 1. The molecule has 0 unspecified atom stereocenters. The molecule has 66 valence electrons. The van der Waals surface area contributed by atoms with Gasteiger partial charge in [0.05, 0.1) is 16.1 Å². The second-order valence-corrected chi connectivity index (χ2v) is 3.44. The summed E-state index contributed by atoms with van der Waals surface area (Å²) >= 11 is 3.15. The average molecular weight is 241 g/mol. The number of aromatic nitrogens is 2. The predicted molar refractivity (Wildman–Crippen MR) is 51.7 cm³/mol. The summed E-state index contributed by atoms with van der Waals surface area (Å²) in [5.41, 5.74) is -0.305. The largest absolute Gasteiger partial charge is 0.507 e. The molecule has 5 heteroatoms. The fourth-order valence-electron chi connectivity index (χ4n) is 1.10. The zero-order chi connectivity index (χ0) is 9.42. The van der Waals surface area contributed by atoms with Crippen molar-refractivity contribution in [3.05, 3.63) is 33.2 Å². The highest BCUT2D eigenvalue weighted by atomic mass is 79.9. The highest BCUT2D eigenvalue weighted by molar-refractivity contribution is 9.10.